The van der Waals surface area contributed by atoms with Gasteiger partial charge in [-0.15, -0.1) is 0 Å². The summed E-state index contributed by atoms with van der Waals surface area (Å²) >= 11 is 0. The minimum absolute atomic E-state index is 0.556. The van der Waals surface area contributed by atoms with Crippen molar-refractivity contribution in [1.82, 2.24) is 4.98 Å². The first-order valence-electron chi connectivity index (χ1n) is 6.02. The number of aryl methyl sites for hydroxylation is 1. The van der Waals surface area contributed by atoms with Gasteiger partial charge >= 0.3 is 0 Å². The molecule has 0 aliphatic carbocycles. The minimum Gasteiger partial charge on any atom is -0.495 e. The summed E-state index contributed by atoms with van der Waals surface area (Å²) < 4.78 is 5.24. The number of rotatable bonds is 4. The number of aliphatic hydroxyl groups is 1. The van der Waals surface area contributed by atoms with Crippen LogP contribution in [0.1, 0.15) is 29.8 Å². The molecule has 0 aliphatic rings. The first kappa shape index (κ1) is 12.6. The van der Waals surface area contributed by atoms with Gasteiger partial charge in [0, 0.05) is 6.20 Å². The Morgan fingerprint density at radius 2 is 2.00 bits per heavy atom. The molecule has 94 valence electrons. The van der Waals surface area contributed by atoms with Gasteiger partial charge < -0.3 is 9.84 Å². The molecule has 0 spiro atoms. The van der Waals surface area contributed by atoms with E-state index in [1.54, 1.807) is 25.4 Å². The Labute approximate surface area is 107 Å². The van der Waals surface area contributed by atoms with Crippen molar-refractivity contribution in [3.63, 3.8) is 0 Å². The molecule has 1 aromatic heterocycles. The van der Waals surface area contributed by atoms with Crippen LogP contribution in [0.2, 0.25) is 0 Å². The summed E-state index contributed by atoms with van der Waals surface area (Å²) in [5, 5.41) is 10.5. The van der Waals surface area contributed by atoms with Gasteiger partial charge in [-0.05, 0) is 29.7 Å². The topological polar surface area (TPSA) is 42.4 Å². The third kappa shape index (κ3) is 2.36. The lowest BCUT2D eigenvalue weighted by Gasteiger charge is -2.16. The molecule has 3 nitrogen and oxygen atoms in total. The number of benzene rings is 1. The number of aliphatic hydroxyl groups excluding tert-OH is 1. The van der Waals surface area contributed by atoms with Crippen molar-refractivity contribution in [2.75, 3.05) is 7.11 Å². The lowest BCUT2D eigenvalue weighted by Crippen LogP contribution is -2.07. The Kier molecular flexibility index (Phi) is 3.95. The summed E-state index contributed by atoms with van der Waals surface area (Å²) in [6, 6.07) is 11.4. The average Bonchev–Trinajstić information content (AvgIpc) is 2.46. The van der Waals surface area contributed by atoms with Crippen LogP contribution in [0.5, 0.6) is 5.75 Å². The number of methoxy groups -OCH3 is 1. The van der Waals surface area contributed by atoms with Gasteiger partial charge in [0.25, 0.3) is 0 Å². The number of hydrogen-bond acceptors (Lipinski definition) is 3. The molecular weight excluding hydrogens is 226 g/mol. The zero-order valence-electron chi connectivity index (χ0n) is 10.6. The molecular formula is C15H17NO2. The Bertz CT molecular complexity index is 478. The molecule has 0 bridgehead atoms. The molecule has 2 rings (SSSR count). The van der Waals surface area contributed by atoms with Gasteiger partial charge in [-0.3, -0.25) is 4.98 Å². The number of hydrogen-bond donors (Lipinski definition) is 1. The summed E-state index contributed by atoms with van der Waals surface area (Å²) in [7, 11) is 1.58. The van der Waals surface area contributed by atoms with Gasteiger partial charge in [0.1, 0.15) is 17.5 Å². The van der Waals surface area contributed by atoms with Crippen molar-refractivity contribution >= 4 is 0 Å². The maximum Gasteiger partial charge on any atom is 0.143 e. The Balaban J connectivity index is 2.44. The van der Waals surface area contributed by atoms with Crippen molar-refractivity contribution in [3.8, 4) is 5.75 Å². The van der Waals surface area contributed by atoms with Crippen LogP contribution >= 0.6 is 0 Å². The van der Waals surface area contributed by atoms with Crippen molar-refractivity contribution in [3.05, 3.63) is 59.4 Å². The summed E-state index contributed by atoms with van der Waals surface area (Å²) in [4.78, 5) is 4.23. The quantitative estimate of drug-likeness (QED) is 0.897. The van der Waals surface area contributed by atoms with E-state index in [0.29, 0.717) is 11.4 Å². The fraction of sp³-hybridized carbons (Fsp3) is 0.267. The second-order valence-electron chi connectivity index (χ2n) is 4.05. The minimum atomic E-state index is -0.753. The van der Waals surface area contributed by atoms with Crippen molar-refractivity contribution < 1.29 is 9.84 Å². The summed E-state index contributed by atoms with van der Waals surface area (Å²) in [6.45, 7) is 2.07. The number of ether oxygens (including phenoxy) is 1. The van der Waals surface area contributed by atoms with Crippen LogP contribution in [0.4, 0.5) is 0 Å². The lowest BCUT2D eigenvalue weighted by molar-refractivity contribution is 0.208. The Morgan fingerprint density at radius 1 is 1.22 bits per heavy atom. The fourth-order valence-corrected chi connectivity index (χ4v) is 2.05. The second kappa shape index (κ2) is 5.65. The van der Waals surface area contributed by atoms with E-state index < -0.39 is 6.10 Å². The summed E-state index contributed by atoms with van der Waals surface area (Å²) in [5.41, 5.74) is 2.57. The molecule has 1 unspecified atom stereocenters. The largest absolute Gasteiger partial charge is 0.495 e. The first-order valence-corrected chi connectivity index (χ1v) is 6.02. The van der Waals surface area contributed by atoms with E-state index >= 15 is 0 Å². The molecule has 1 N–H and O–H groups in total. The number of nitrogens with zero attached hydrogens (tertiary/aromatic N) is 1. The monoisotopic (exact) mass is 243 g/mol. The smallest absolute Gasteiger partial charge is 0.143 e. The van der Waals surface area contributed by atoms with Crippen molar-refractivity contribution in [2.24, 2.45) is 0 Å². The predicted molar refractivity (Wildman–Crippen MR) is 70.7 cm³/mol. The molecule has 0 saturated carbocycles. The zero-order chi connectivity index (χ0) is 13.0. The standard InChI is InChI=1S/C15H17NO2/c1-3-11-7-4-5-8-12(11)15(17)14-13(18-2)9-6-10-16-14/h4-10,15,17H,3H2,1-2H3. The van der Waals surface area contributed by atoms with Crippen LogP contribution in [0.3, 0.4) is 0 Å². The highest BCUT2D eigenvalue weighted by Crippen LogP contribution is 2.29. The average molecular weight is 243 g/mol. The SMILES string of the molecule is CCc1ccccc1C(O)c1ncccc1OC. The summed E-state index contributed by atoms with van der Waals surface area (Å²) in [5.74, 6) is 0.607. The van der Waals surface area contributed by atoms with E-state index in [0.717, 1.165) is 17.5 Å². The van der Waals surface area contributed by atoms with Crippen LogP contribution in [0.25, 0.3) is 0 Å². The van der Waals surface area contributed by atoms with Crippen LogP contribution in [-0.4, -0.2) is 17.2 Å². The molecule has 1 atom stereocenters. The highest BCUT2D eigenvalue weighted by Gasteiger charge is 2.18. The molecule has 0 saturated heterocycles. The third-order valence-corrected chi connectivity index (χ3v) is 3.01. The van der Waals surface area contributed by atoms with E-state index in [4.69, 9.17) is 4.74 Å². The number of aromatic nitrogens is 1. The maximum absolute atomic E-state index is 10.5. The van der Waals surface area contributed by atoms with Crippen LogP contribution < -0.4 is 4.74 Å². The molecule has 1 aromatic carbocycles. The lowest BCUT2D eigenvalue weighted by atomic mass is 9.98. The van der Waals surface area contributed by atoms with Gasteiger partial charge in [0.2, 0.25) is 0 Å². The van der Waals surface area contributed by atoms with E-state index in [-0.39, 0.29) is 0 Å². The maximum atomic E-state index is 10.5. The molecule has 18 heavy (non-hydrogen) atoms. The van der Waals surface area contributed by atoms with E-state index in [1.807, 2.05) is 24.3 Å². The first-order chi connectivity index (χ1) is 8.77. The van der Waals surface area contributed by atoms with Gasteiger partial charge in [-0.25, -0.2) is 0 Å². The van der Waals surface area contributed by atoms with E-state index in [2.05, 4.69) is 11.9 Å². The third-order valence-electron chi connectivity index (χ3n) is 3.01. The van der Waals surface area contributed by atoms with Gasteiger partial charge in [-0.2, -0.15) is 0 Å². The summed E-state index contributed by atoms with van der Waals surface area (Å²) in [6.07, 6.45) is 1.79. The van der Waals surface area contributed by atoms with E-state index in [9.17, 15) is 5.11 Å². The zero-order valence-corrected chi connectivity index (χ0v) is 10.6. The molecule has 0 fully saturated rings. The van der Waals surface area contributed by atoms with Gasteiger partial charge in [-0.1, -0.05) is 31.2 Å². The predicted octanol–water partition coefficient (Wildman–Crippen LogP) is 2.73. The van der Waals surface area contributed by atoms with Crippen LogP contribution in [0.15, 0.2) is 42.6 Å². The van der Waals surface area contributed by atoms with Crippen LogP contribution in [-0.2, 0) is 6.42 Å². The van der Waals surface area contributed by atoms with Gasteiger partial charge in [0.15, 0.2) is 0 Å². The highest BCUT2D eigenvalue weighted by molar-refractivity contribution is 5.38. The number of pyridine rings is 1. The van der Waals surface area contributed by atoms with Gasteiger partial charge in [0.05, 0.1) is 7.11 Å². The normalized spacial score (nSPS) is 12.2. The van der Waals surface area contributed by atoms with Crippen molar-refractivity contribution in [1.29, 1.82) is 0 Å². The Hall–Kier alpha value is -1.87. The van der Waals surface area contributed by atoms with E-state index in [1.165, 1.54) is 0 Å². The van der Waals surface area contributed by atoms with Crippen molar-refractivity contribution in [2.45, 2.75) is 19.4 Å². The molecule has 0 amide bonds. The molecule has 0 radical (unpaired) electrons. The van der Waals surface area contributed by atoms with Crippen LogP contribution in [0, 0.1) is 0 Å². The highest BCUT2D eigenvalue weighted by atomic mass is 16.5. The second-order valence-corrected chi connectivity index (χ2v) is 4.05. The molecule has 2 aromatic rings. The fourth-order valence-electron chi connectivity index (χ4n) is 2.05. The molecule has 0 aliphatic heterocycles. The Morgan fingerprint density at radius 3 is 2.72 bits per heavy atom. The molecule has 1 heterocycles. The molecule has 3 heteroatoms.